The first-order valence-electron chi connectivity index (χ1n) is 13.6. The van der Waals surface area contributed by atoms with Gasteiger partial charge in [0, 0.05) is 6.54 Å². The smallest absolute Gasteiger partial charge is 0.407 e. The number of nitrogens with one attached hydrogen (secondary N) is 3. The molecule has 1 fully saturated rings. The Hall–Kier alpha value is -2.61. The molecule has 1 aliphatic rings. The van der Waals surface area contributed by atoms with Crippen molar-refractivity contribution in [3.63, 3.8) is 0 Å². The van der Waals surface area contributed by atoms with E-state index in [2.05, 4.69) is 16.0 Å². The van der Waals surface area contributed by atoms with Gasteiger partial charge in [-0.1, -0.05) is 89.1 Å². The highest BCUT2D eigenvalue weighted by atomic mass is 16.5. The zero-order valence-electron chi connectivity index (χ0n) is 22.0. The number of amides is 3. The molecule has 0 aromatic heterocycles. The summed E-state index contributed by atoms with van der Waals surface area (Å²) >= 11 is 0. The molecule has 3 unspecified atom stereocenters. The van der Waals surface area contributed by atoms with Crippen LogP contribution in [-0.4, -0.2) is 54.4 Å². The third-order valence-electron chi connectivity index (χ3n) is 6.58. The number of alkyl carbamates (subject to hydrolysis) is 1. The Bertz CT molecular complexity index is 787. The summed E-state index contributed by atoms with van der Waals surface area (Å²) in [6.07, 6.45) is 7.95. The van der Waals surface area contributed by atoms with E-state index in [0.29, 0.717) is 19.6 Å². The molecule has 1 aromatic rings. The van der Waals surface area contributed by atoms with Gasteiger partial charge in [0.1, 0.15) is 6.04 Å². The number of benzene rings is 1. The molecule has 0 bridgehead atoms. The summed E-state index contributed by atoms with van der Waals surface area (Å²) in [6.45, 7) is 4.67. The van der Waals surface area contributed by atoms with Crippen molar-refractivity contribution in [1.82, 2.24) is 16.0 Å². The lowest BCUT2D eigenvalue weighted by Gasteiger charge is -2.26. The minimum Gasteiger partial charge on any atom is -0.450 e. The SMILES string of the molecule is CC(C)C1NC(=O)CC(O)C(Cc2ccccc2)NC(=O)OCCCCCCCCCCCNC1=O. The fourth-order valence-corrected chi connectivity index (χ4v) is 4.39. The topological polar surface area (TPSA) is 117 Å². The number of hydrogen-bond donors (Lipinski definition) is 4. The quantitative estimate of drug-likeness (QED) is 0.500. The lowest BCUT2D eigenvalue weighted by molar-refractivity contribution is -0.131. The fourth-order valence-electron chi connectivity index (χ4n) is 4.39. The zero-order valence-corrected chi connectivity index (χ0v) is 22.0. The Morgan fingerprint density at radius 1 is 0.889 bits per heavy atom. The van der Waals surface area contributed by atoms with Crippen LogP contribution in [0, 0.1) is 5.92 Å². The summed E-state index contributed by atoms with van der Waals surface area (Å²) in [7, 11) is 0. The standard InChI is InChI=1S/C28H45N3O5/c1-21(2)26-27(34)29-17-13-8-6-4-3-5-7-9-14-18-36-28(35)30-23(24(32)20-25(33)31-26)19-22-15-11-10-12-16-22/h10-12,15-16,21,23-24,26,32H,3-9,13-14,17-20H2,1-2H3,(H,29,34)(H,30,35)(H,31,33). The molecular weight excluding hydrogens is 458 g/mol. The Morgan fingerprint density at radius 2 is 1.50 bits per heavy atom. The molecule has 8 nitrogen and oxygen atoms in total. The molecule has 0 spiro atoms. The molecule has 1 aromatic carbocycles. The van der Waals surface area contributed by atoms with E-state index in [1.54, 1.807) is 0 Å². The van der Waals surface area contributed by atoms with Gasteiger partial charge in [-0.05, 0) is 30.7 Å². The van der Waals surface area contributed by atoms with E-state index in [1.807, 2.05) is 44.2 Å². The van der Waals surface area contributed by atoms with Crippen LogP contribution in [-0.2, 0) is 20.7 Å². The summed E-state index contributed by atoms with van der Waals surface area (Å²) in [5.41, 5.74) is 0.920. The molecule has 202 valence electrons. The highest BCUT2D eigenvalue weighted by molar-refractivity contribution is 5.88. The highest BCUT2D eigenvalue weighted by Crippen LogP contribution is 2.12. The molecule has 1 heterocycles. The summed E-state index contributed by atoms with van der Waals surface area (Å²) in [5, 5.41) is 19.4. The molecule has 3 amide bonds. The van der Waals surface area contributed by atoms with Gasteiger partial charge < -0.3 is 25.8 Å². The van der Waals surface area contributed by atoms with E-state index in [4.69, 9.17) is 4.74 Å². The van der Waals surface area contributed by atoms with Crippen molar-refractivity contribution in [2.75, 3.05) is 13.2 Å². The van der Waals surface area contributed by atoms with Crippen LogP contribution in [0.3, 0.4) is 0 Å². The minimum absolute atomic E-state index is 0.107. The van der Waals surface area contributed by atoms with Gasteiger partial charge >= 0.3 is 6.09 Å². The molecule has 0 radical (unpaired) electrons. The van der Waals surface area contributed by atoms with Crippen LogP contribution in [0.2, 0.25) is 0 Å². The number of aliphatic hydroxyl groups excluding tert-OH is 1. The molecule has 1 saturated heterocycles. The molecule has 2 rings (SSSR count). The van der Waals surface area contributed by atoms with Crippen LogP contribution in [0.25, 0.3) is 0 Å². The van der Waals surface area contributed by atoms with E-state index in [-0.39, 0.29) is 18.2 Å². The average Bonchev–Trinajstić information content (AvgIpc) is 2.84. The maximum atomic E-state index is 12.8. The van der Waals surface area contributed by atoms with E-state index in [9.17, 15) is 19.5 Å². The second-order valence-corrected chi connectivity index (χ2v) is 10.1. The molecule has 4 N–H and O–H groups in total. The highest BCUT2D eigenvalue weighted by Gasteiger charge is 2.28. The second kappa shape index (κ2) is 17.0. The van der Waals surface area contributed by atoms with Crippen LogP contribution >= 0.6 is 0 Å². The van der Waals surface area contributed by atoms with E-state index in [1.165, 1.54) is 19.3 Å². The van der Waals surface area contributed by atoms with Crippen molar-refractivity contribution in [3.8, 4) is 0 Å². The van der Waals surface area contributed by atoms with Crippen molar-refractivity contribution < 1.29 is 24.2 Å². The van der Waals surface area contributed by atoms with E-state index in [0.717, 1.165) is 44.1 Å². The van der Waals surface area contributed by atoms with Crippen molar-refractivity contribution in [2.24, 2.45) is 5.92 Å². The van der Waals surface area contributed by atoms with Gasteiger partial charge in [-0.3, -0.25) is 9.59 Å². The predicted molar refractivity (Wildman–Crippen MR) is 140 cm³/mol. The van der Waals surface area contributed by atoms with Gasteiger partial charge in [-0.2, -0.15) is 0 Å². The Balaban J connectivity index is 2.06. The normalized spacial score (nSPS) is 24.9. The van der Waals surface area contributed by atoms with Gasteiger partial charge in [0.15, 0.2) is 0 Å². The third-order valence-corrected chi connectivity index (χ3v) is 6.58. The zero-order chi connectivity index (χ0) is 26.2. The van der Waals surface area contributed by atoms with Gasteiger partial charge in [0.05, 0.1) is 25.2 Å². The number of carbonyl (C=O) groups excluding carboxylic acids is 3. The van der Waals surface area contributed by atoms with Gasteiger partial charge in [-0.25, -0.2) is 4.79 Å². The van der Waals surface area contributed by atoms with Gasteiger partial charge in [-0.15, -0.1) is 0 Å². The molecular formula is C28H45N3O5. The molecule has 0 saturated carbocycles. The molecule has 3 atom stereocenters. The van der Waals surface area contributed by atoms with Crippen molar-refractivity contribution >= 4 is 17.9 Å². The lowest BCUT2D eigenvalue weighted by Crippen LogP contribution is -2.52. The first-order chi connectivity index (χ1) is 17.4. The predicted octanol–water partition coefficient (Wildman–Crippen LogP) is 3.86. The Kier molecular flexibility index (Phi) is 13.9. The maximum Gasteiger partial charge on any atom is 0.407 e. The number of carbonyl (C=O) groups is 3. The third kappa shape index (κ3) is 11.9. The van der Waals surface area contributed by atoms with E-state index < -0.39 is 30.2 Å². The molecule has 0 aliphatic carbocycles. The Labute approximate surface area is 215 Å². The summed E-state index contributed by atoms with van der Waals surface area (Å²) in [6, 6.07) is 8.07. The number of cyclic esters (lactones) is 1. The molecule has 1 aliphatic heterocycles. The number of aliphatic hydroxyl groups is 1. The van der Waals surface area contributed by atoms with Crippen molar-refractivity contribution in [2.45, 2.75) is 103 Å². The number of rotatable bonds is 3. The van der Waals surface area contributed by atoms with Crippen LogP contribution in [0.4, 0.5) is 4.79 Å². The number of hydrogen-bond acceptors (Lipinski definition) is 5. The van der Waals surface area contributed by atoms with Gasteiger partial charge in [0.2, 0.25) is 11.8 Å². The average molecular weight is 504 g/mol. The van der Waals surface area contributed by atoms with Crippen LogP contribution in [0.15, 0.2) is 30.3 Å². The van der Waals surface area contributed by atoms with Crippen LogP contribution in [0.1, 0.15) is 83.6 Å². The van der Waals surface area contributed by atoms with Gasteiger partial charge in [0.25, 0.3) is 0 Å². The maximum absolute atomic E-state index is 12.8. The largest absolute Gasteiger partial charge is 0.450 e. The van der Waals surface area contributed by atoms with Crippen LogP contribution < -0.4 is 16.0 Å². The second-order valence-electron chi connectivity index (χ2n) is 10.1. The summed E-state index contributed by atoms with van der Waals surface area (Å²) < 4.78 is 5.35. The first kappa shape index (κ1) is 29.6. The number of ether oxygens (including phenoxy) is 1. The van der Waals surface area contributed by atoms with E-state index >= 15 is 0 Å². The summed E-state index contributed by atoms with van der Waals surface area (Å²) in [4.78, 5) is 37.9. The van der Waals surface area contributed by atoms with Crippen molar-refractivity contribution in [3.05, 3.63) is 35.9 Å². The molecule has 8 heteroatoms. The lowest BCUT2D eigenvalue weighted by atomic mass is 9.98. The minimum atomic E-state index is -1.15. The molecule has 36 heavy (non-hydrogen) atoms. The van der Waals surface area contributed by atoms with Crippen LogP contribution in [0.5, 0.6) is 0 Å². The fraction of sp³-hybridized carbons (Fsp3) is 0.679. The first-order valence-corrected chi connectivity index (χ1v) is 13.6. The summed E-state index contributed by atoms with van der Waals surface area (Å²) in [5.74, 6) is -0.755. The Morgan fingerprint density at radius 3 is 2.14 bits per heavy atom. The van der Waals surface area contributed by atoms with Crippen molar-refractivity contribution in [1.29, 1.82) is 0 Å². The monoisotopic (exact) mass is 503 g/mol.